The summed E-state index contributed by atoms with van der Waals surface area (Å²) in [6.45, 7) is 0. The van der Waals surface area contributed by atoms with E-state index >= 15 is 0 Å². The van der Waals surface area contributed by atoms with E-state index in [1.807, 2.05) is 36.4 Å². The van der Waals surface area contributed by atoms with Gasteiger partial charge in [0.05, 0.1) is 5.69 Å². The van der Waals surface area contributed by atoms with Gasteiger partial charge in [-0.1, -0.05) is 36.4 Å². The third-order valence-corrected chi connectivity index (χ3v) is 3.12. The van der Waals surface area contributed by atoms with Crippen molar-refractivity contribution in [1.29, 1.82) is 0 Å². The lowest BCUT2D eigenvalue weighted by Crippen LogP contribution is -2.10. The van der Waals surface area contributed by atoms with Crippen LogP contribution in [0.25, 0.3) is 22.0 Å². The third-order valence-electron chi connectivity index (χ3n) is 3.12. The number of nitrogens with zero attached hydrogens (tertiary/aromatic N) is 1. The van der Waals surface area contributed by atoms with E-state index in [0.717, 1.165) is 22.0 Å². The number of rotatable bonds is 2. The number of benzene rings is 2. The van der Waals surface area contributed by atoms with Crippen LogP contribution in [0.2, 0.25) is 0 Å². The molecule has 0 radical (unpaired) electrons. The Balaban J connectivity index is 2.16. The third kappa shape index (κ3) is 2.06. The Bertz CT molecular complexity index is 743. The second-order valence-corrected chi connectivity index (χ2v) is 4.32. The van der Waals surface area contributed by atoms with Crippen molar-refractivity contribution in [2.45, 2.75) is 0 Å². The molecule has 0 unspecified atom stereocenters. The first kappa shape index (κ1) is 11.4. The van der Waals surface area contributed by atoms with E-state index in [1.54, 1.807) is 18.3 Å². The average Bonchev–Trinajstić information content (AvgIpc) is 2.47. The van der Waals surface area contributed by atoms with Gasteiger partial charge in [0.25, 0.3) is 0 Å². The summed E-state index contributed by atoms with van der Waals surface area (Å²) in [6.07, 6.45) is 1.79. The van der Waals surface area contributed by atoms with Crippen LogP contribution in [0.4, 0.5) is 0 Å². The number of amides is 1. The molecule has 2 aromatic carbocycles. The average molecular weight is 248 g/mol. The van der Waals surface area contributed by atoms with Gasteiger partial charge < -0.3 is 5.73 Å². The lowest BCUT2D eigenvalue weighted by atomic mass is 10.0. The van der Waals surface area contributed by atoms with Crippen LogP contribution in [0, 0.1) is 0 Å². The number of aromatic nitrogens is 1. The number of fused-ring (bicyclic) bond motifs is 1. The molecule has 3 aromatic rings. The Hall–Kier alpha value is -2.68. The minimum atomic E-state index is -0.419. The van der Waals surface area contributed by atoms with Gasteiger partial charge in [0.2, 0.25) is 5.91 Å². The maximum absolute atomic E-state index is 11.1. The SMILES string of the molecule is NC(=O)c1ccc(-c2nccc3ccccc23)cc1. The number of pyridine rings is 1. The van der Waals surface area contributed by atoms with E-state index in [4.69, 9.17) is 5.73 Å². The number of primary amides is 1. The van der Waals surface area contributed by atoms with Gasteiger partial charge in [0.1, 0.15) is 0 Å². The zero-order chi connectivity index (χ0) is 13.2. The van der Waals surface area contributed by atoms with Gasteiger partial charge in [0.15, 0.2) is 0 Å². The Morgan fingerprint density at radius 2 is 1.68 bits per heavy atom. The number of carbonyl (C=O) groups is 1. The lowest BCUT2D eigenvalue weighted by molar-refractivity contribution is 0.100. The molecule has 0 saturated heterocycles. The van der Waals surface area contributed by atoms with Crippen molar-refractivity contribution in [3.63, 3.8) is 0 Å². The number of carbonyl (C=O) groups excluding carboxylic acids is 1. The largest absolute Gasteiger partial charge is 0.366 e. The predicted molar refractivity (Wildman–Crippen MR) is 75.7 cm³/mol. The first-order valence-electron chi connectivity index (χ1n) is 6.00. The molecular weight excluding hydrogens is 236 g/mol. The molecule has 0 spiro atoms. The van der Waals surface area contributed by atoms with Crippen LogP contribution < -0.4 is 5.73 Å². The Kier molecular flexibility index (Phi) is 2.72. The van der Waals surface area contributed by atoms with Crippen molar-refractivity contribution in [2.24, 2.45) is 5.73 Å². The van der Waals surface area contributed by atoms with Crippen molar-refractivity contribution < 1.29 is 4.79 Å². The number of hydrogen-bond donors (Lipinski definition) is 1. The molecule has 1 amide bonds. The minimum Gasteiger partial charge on any atom is -0.366 e. The second kappa shape index (κ2) is 4.53. The maximum atomic E-state index is 11.1. The molecule has 0 bridgehead atoms. The topological polar surface area (TPSA) is 56.0 Å². The lowest BCUT2D eigenvalue weighted by Gasteiger charge is -2.06. The van der Waals surface area contributed by atoms with Crippen LogP contribution in [0.1, 0.15) is 10.4 Å². The fraction of sp³-hybridized carbons (Fsp3) is 0. The fourth-order valence-electron chi connectivity index (χ4n) is 2.14. The van der Waals surface area contributed by atoms with E-state index in [9.17, 15) is 4.79 Å². The van der Waals surface area contributed by atoms with Gasteiger partial charge in [-0.15, -0.1) is 0 Å². The minimum absolute atomic E-state index is 0.419. The molecule has 0 aliphatic carbocycles. The molecule has 3 rings (SSSR count). The maximum Gasteiger partial charge on any atom is 0.248 e. The van der Waals surface area contributed by atoms with E-state index < -0.39 is 5.91 Å². The second-order valence-electron chi connectivity index (χ2n) is 4.32. The van der Waals surface area contributed by atoms with Crippen LogP contribution in [0.3, 0.4) is 0 Å². The molecule has 0 fully saturated rings. The molecule has 1 aromatic heterocycles. The smallest absolute Gasteiger partial charge is 0.248 e. The van der Waals surface area contributed by atoms with Crippen LogP contribution in [-0.2, 0) is 0 Å². The Morgan fingerprint density at radius 3 is 2.42 bits per heavy atom. The highest BCUT2D eigenvalue weighted by Crippen LogP contribution is 2.26. The van der Waals surface area contributed by atoms with Gasteiger partial charge in [-0.25, -0.2) is 0 Å². The zero-order valence-corrected chi connectivity index (χ0v) is 10.2. The van der Waals surface area contributed by atoms with Crippen LogP contribution in [0.5, 0.6) is 0 Å². The summed E-state index contributed by atoms with van der Waals surface area (Å²) in [5, 5.41) is 2.24. The van der Waals surface area contributed by atoms with Crippen molar-refractivity contribution in [3.05, 3.63) is 66.4 Å². The number of nitrogens with two attached hydrogens (primary N) is 1. The molecule has 0 atom stereocenters. The molecule has 1 heterocycles. The molecule has 19 heavy (non-hydrogen) atoms. The summed E-state index contributed by atoms with van der Waals surface area (Å²) in [7, 11) is 0. The molecule has 0 saturated carbocycles. The summed E-state index contributed by atoms with van der Waals surface area (Å²) in [5.41, 5.74) is 7.63. The van der Waals surface area contributed by atoms with E-state index in [1.165, 1.54) is 0 Å². The summed E-state index contributed by atoms with van der Waals surface area (Å²) < 4.78 is 0. The van der Waals surface area contributed by atoms with E-state index in [2.05, 4.69) is 11.1 Å². The normalized spacial score (nSPS) is 10.5. The van der Waals surface area contributed by atoms with Crippen molar-refractivity contribution in [2.75, 3.05) is 0 Å². The fourth-order valence-corrected chi connectivity index (χ4v) is 2.14. The highest BCUT2D eigenvalue weighted by molar-refractivity contribution is 5.96. The van der Waals surface area contributed by atoms with Crippen molar-refractivity contribution in [3.8, 4) is 11.3 Å². The van der Waals surface area contributed by atoms with Crippen LogP contribution in [0.15, 0.2) is 60.8 Å². The Labute approximate surface area is 110 Å². The summed E-state index contributed by atoms with van der Waals surface area (Å²) >= 11 is 0. The molecule has 0 aliphatic rings. The molecule has 3 nitrogen and oxygen atoms in total. The first-order chi connectivity index (χ1) is 9.25. The highest BCUT2D eigenvalue weighted by atomic mass is 16.1. The van der Waals surface area contributed by atoms with Gasteiger partial charge in [-0.2, -0.15) is 0 Å². The van der Waals surface area contributed by atoms with Crippen molar-refractivity contribution in [1.82, 2.24) is 4.98 Å². The molecule has 92 valence electrons. The standard InChI is InChI=1S/C16H12N2O/c17-16(19)13-7-5-12(6-8-13)15-14-4-2-1-3-11(14)9-10-18-15/h1-10H,(H2,17,19). The van der Waals surface area contributed by atoms with E-state index in [-0.39, 0.29) is 0 Å². The molecule has 0 aliphatic heterocycles. The van der Waals surface area contributed by atoms with Gasteiger partial charge in [-0.05, 0) is 23.6 Å². The first-order valence-corrected chi connectivity index (χ1v) is 6.00. The quantitative estimate of drug-likeness (QED) is 0.758. The summed E-state index contributed by atoms with van der Waals surface area (Å²) in [6, 6.07) is 17.3. The molecular formula is C16H12N2O. The Morgan fingerprint density at radius 1 is 0.947 bits per heavy atom. The van der Waals surface area contributed by atoms with E-state index in [0.29, 0.717) is 5.56 Å². The predicted octanol–water partition coefficient (Wildman–Crippen LogP) is 3.00. The van der Waals surface area contributed by atoms with Crippen molar-refractivity contribution >= 4 is 16.7 Å². The van der Waals surface area contributed by atoms with Crippen LogP contribution in [-0.4, -0.2) is 10.9 Å². The monoisotopic (exact) mass is 248 g/mol. The zero-order valence-electron chi connectivity index (χ0n) is 10.2. The molecule has 2 N–H and O–H groups in total. The van der Waals surface area contributed by atoms with Gasteiger partial charge >= 0.3 is 0 Å². The van der Waals surface area contributed by atoms with Gasteiger partial charge in [0, 0.05) is 22.7 Å². The summed E-state index contributed by atoms with van der Waals surface area (Å²) in [5.74, 6) is -0.419. The van der Waals surface area contributed by atoms with Crippen LogP contribution >= 0.6 is 0 Å². The number of hydrogen-bond acceptors (Lipinski definition) is 2. The molecule has 3 heteroatoms. The van der Waals surface area contributed by atoms with Gasteiger partial charge in [-0.3, -0.25) is 9.78 Å². The summed E-state index contributed by atoms with van der Waals surface area (Å²) in [4.78, 5) is 15.5. The highest BCUT2D eigenvalue weighted by Gasteiger charge is 2.06.